The van der Waals surface area contributed by atoms with Gasteiger partial charge in [-0.3, -0.25) is 24.0 Å². The molecule has 0 radical (unpaired) electrons. The van der Waals surface area contributed by atoms with Crippen LogP contribution >= 0.6 is 0 Å². The predicted octanol–water partition coefficient (Wildman–Crippen LogP) is 2.12. The van der Waals surface area contributed by atoms with E-state index in [1.54, 1.807) is 39.0 Å². The number of aliphatic hydroxyl groups excluding tert-OH is 2. The van der Waals surface area contributed by atoms with Gasteiger partial charge in [0.25, 0.3) is 0 Å². The van der Waals surface area contributed by atoms with Gasteiger partial charge in [-0.1, -0.05) is 45.0 Å². The molecule has 8 fully saturated rings. The number of Topliss-reactive ketones (excluding diaryl/α,β-unsaturated/α-hetero) is 1. The number of esters is 4. The molecule has 16 nitrogen and oxygen atoms in total. The first-order valence-corrected chi connectivity index (χ1v) is 21.7. The molecule has 332 valence electrons. The first-order chi connectivity index (χ1) is 29.6. The minimum atomic E-state index is -2.19. The summed E-state index contributed by atoms with van der Waals surface area (Å²) >= 11 is 0. The summed E-state index contributed by atoms with van der Waals surface area (Å²) in [5, 5.41) is 38.1. The molecule has 6 aliphatic carbocycles. The quantitative estimate of drug-likeness (QED) is 0.193. The van der Waals surface area contributed by atoms with Crippen LogP contribution in [0.4, 0.5) is 0 Å². The molecule has 3 saturated heterocycles. The minimum absolute atomic E-state index is 0.0135. The highest BCUT2D eigenvalue weighted by Crippen LogP contribution is 2.80. The second-order valence-electron chi connectivity index (χ2n) is 20.3. The van der Waals surface area contributed by atoms with E-state index in [0.29, 0.717) is 0 Å². The smallest absolute Gasteiger partial charge is 0.341 e. The maximum absolute atomic E-state index is 15.8. The molecule has 20 atom stereocenters. The van der Waals surface area contributed by atoms with E-state index in [0.717, 1.165) is 0 Å². The van der Waals surface area contributed by atoms with Gasteiger partial charge in [-0.05, 0) is 50.3 Å². The van der Waals surface area contributed by atoms with Gasteiger partial charge in [-0.2, -0.15) is 0 Å². The van der Waals surface area contributed by atoms with Crippen LogP contribution in [0.2, 0.25) is 0 Å². The zero-order valence-electron chi connectivity index (χ0n) is 35.6. The van der Waals surface area contributed by atoms with Crippen molar-refractivity contribution in [1.29, 1.82) is 0 Å². The van der Waals surface area contributed by atoms with E-state index in [4.69, 9.17) is 28.4 Å². The molecule has 1 spiro atoms. The van der Waals surface area contributed by atoms with Gasteiger partial charge < -0.3 is 43.7 Å². The second kappa shape index (κ2) is 12.5. The molecule has 11 rings (SSSR count). The zero-order valence-corrected chi connectivity index (χ0v) is 35.6. The van der Waals surface area contributed by atoms with Crippen molar-refractivity contribution in [1.82, 2.24) is 0 Å². The Bertz CT molecular complexity index is 2510. The Hall–Kier alpha value is -4.87. The number of aliphatic hydroxyl groups is 3. The van der Waals surface area contributed by atoms with Crippen molar-refractivity contribution in [2.24, 2.45) is 57.7 Å². The molecule has 2 aromatic rings. The number of ether oxygens (including phenoxy) is 6. The molecule has 0 bridgehead atoms. The highest BCUT2D eigenvalue weighted by Gasteiger charge is 2.93. The van der Waals surface area contributed by atoms with Crippen LogP contribution in [0.5, 0.6) is 0 Å². The zero-order chi connectivity index (χ0) is 45.0. The third kappa shape index (κ3) is 4.66. The van der Waals surface area contributed by atoms with E-state index in [1.807, 2.05) is 6.92 Å². The maximum atomic E-state index is 15.8. The van der Waals surface area contributed by atoms with Crippen molar-refractivity contribution in [2.75, 3.05) is 0 Å². The lowest BCUT2D eigenvalue weighted by molar-refractivity contribution is -0.263. The summed E-state index contributed by atoms with van der Waals surface area (Å²) in [5.41, 5.74) is -6.35. The Morgan fingerprint density at radius 2 is 1.41 bits per heavy atom. The first kappa shape index (κ1) is 40.9. The molecule has 3 heterocycles. The van der Waals surface area contributed by atoms with Gasteiger partial charge in [0.05, 0.1) is 29.3 Å². The van der Waals surface area contributed by atoms with Gasteiger partial charge in [0.15, 0.2) is 29.1 Å². The molecule has 0 amide bonds. The van der Waals surface area contributed by atoms with Gasteiger partial charge in [0, 0.05) is 76.5 Å². The number of hydrogen-bond donors (Lipinski definition) is 3. The standard InChI is InChI=1S/C47H48O16/c1-16-27-30(45(6)46(7,57)42(56)63-47(45)39(16)62-47)34(53)28-26-29(37(58-17(2)48)38(54)44(27,28)5)43(4)24(15-25-36(60-25)40(43)59-18(3)49)35(33(26)52)61-41(55)19-12-13-22-23(14-19)32(51)21-11-9-8-10-20(21)31(22)50/h8-14,16,24-30,34-40,53-54,57H,15H2,1-7H3/t16-,24+,25-,26-,27-,28+,29+,30-,34+,35?,36-,37-,38-,39+,40-,43-,44+,45-,46+,47-/m0/s1. The summed E-state index contributed by atoms with van der Waals surface area (Å²) in [6.45, 7) is 10.6. The summed E-state index contributed by atoms with van der Waals surface area (Å²) in [7, 11) is 0. The van der Waals surface area contributed by atoms with Crippen LogP contribution in [0.1, 0.15) is 97.1 Å². The molecule has 3 N–H and O–H groups in total. The topological polar surface area (TPSA) is 242 Å². The Balaban J connectivity index is 1.06. The van der Waals surface area contributed by atoms with Crippen molar-refractivity contribution < 1.29 is 77.3 Å². The fourth-order valence-corrected chi connectivity index (χ4v) is 15.0. The van der Waals surface area contributed by atoms with Gasteiger partial charge in [0.1, 0.15) is 24.4 Å². The summed E-state index contributed by atoms with van der Waals surface area (Å²) < 4.78 is 36.6. The van der Waals surface area contributed by atoms with Crippen LogP contribution < -0.4 is 0 Å². The third-order valence-electron chi connectivity index (χ3n) is 17.8. The van der Waals surface area contributed by atoms with Crippen molar-refractivity contribution in [2.45, 2.75) is 115 Å². The predicted molar refractivity (Wildman–Crippen MR) is 209 cm³/mol. The maximum Gasteiger partial charge on any atom is 0.341 e. The Kier molecular flexibility index (Phi) is 8.09. The molecule has 63 heavy (non-hydrogen) atoms. The number of fused-ring (bicyclic) bond motifs is 11. The van der Waals surface area contributed by atoms with E-state index >= 15 is 4.79 Å². The SMILES string of the molecule is CC(=O)O[C@H]1[C@H]2[C@@H](C(=O)C(OC(=O)c3ccc4c(c3)C(=O)c3ccccc3C4=O)[C@H]3C[C@@H]4O[C@@H]4[C@H](OC(C)=O)[C@]23C)[C@@H]2[C@@H](O)[C@@H]3[C@H]([C@H](C)[C@H]4O[C@]45OC(=O)[C@@](C)(O)[C@]35C)[C@@]2(C)[C@H]1O. The molecule has 3 aliphatic heterocycles. The lowest BCUT2D eigenvalue weighted by atomic mass is 9.41. The van der Waals surface area contributed by atoms with Gasteiger partial charge >= 0.3 is 23.9 Å². The Morgan fingerprint density at radius 3 is 2.06 bits per heavy atom. The third-order valence-corrected chi connectivity index (χ3v) is 17.8. The number of ketones is 3. The highest BCUT2D eigenvalue weighted by atomic mass is 16.8. The van der Waals surface area contributed by atoms with Crippen molar-refractivity contribution in [3.63, 3.8) is 0 Å². The molecular formula is C47H48O16. The van der Waals surface area contributed by atoms with E-state index in [9.17, 15) is 44.1 Å². The fraction of sp³-hybridized carbons (Fsp3) is 0.596. The Labute approximate surface area is 360 Å². The molecule has 9 aliphatic rings. The fourth-order valence-electron chi connectivity index (χ4n) is 15.0. The van der Waals surface area contributed by atoms with Crippen LogP contribution in [-0.2, 0) is 47.6 Å². The van der Waals surface area contributed by atoms with Crippen molar-refractivity contribution >= 4 is 41.2 Å². The normalized spacial score (nSPS) is 48.9. The number of carbonyl (C=O) groups excluding carboxylic acids is 7. The average molecular weight is 869 g/mol. The van der Waals surface area contributed by atoms with E-state index in [-0.39, 0.29) is 34.2 Å². The minimum Gasteiger partial charge on any atom is -0.459 e. The number of epoxide rings is 2. The second-order valence-corrected chi connectivity index (χ2v) is 20.3. The number of hydrogen-bond acceptors (Lipinski definition) is 16. The van der Waals surface area contributed by atoms with E-state index < -0.39 is 159 Å². The number of carbonyl (C=O) groups is 7. The molecule has 1 unspecified atom stereocenters. The summed E-state index contributed by atoms with van der Waals surface area (Å²) in [6.07, 6.45) is -9.03. The van der Waals surface area contributed by atoms with Crippen LogP contribution in [-0.4, -0.2) is 117 Å². The average Bonchev–Trinajstić information content (AvgIpc) is 4.14. The van der Waals surface area contributed by atoms with Crippen LogP contribution in [0.3, 0.4) is 0 Å². The number of benzene rings is 2. The van der Waals surface area contributed by atoms with E-state index in [1.165, 1.54) is 45.0 Å². The first-order valence-electron chi connectivity index (χ1n) is 21.7. The highest BCUT2D eigenvalue weighted by molar-refractivity contribution is 6.28. The monoisotopic (exact) mass is 868 g/mol. The van der Waals surface area contributed by atoms with Gasteiger partial charge in [0.2, 0.25) is 5.79 Å². The van der Waals surface area contributed by atoms with Gasteiger partial charge in [-0.25, -0.2) is 9.59 Å². The molecular weight excluding hydrogens is 821 g/mol. The van der Waals surface area contributed by atoms with Crippen LogP contribution in [0, 0.1) is 57.7 Å². The summed E-state index contributed by atoms with van der Waals surface area (Å²) in [5.74, 6) is -13.5. The summed E-state index contributed by atoms with van der Waals surface area (Å²) in [4.78, 5) is 97.0. The molecule has 0 aromatic heterocycles. The van der Waals surface area contributed by atoms with Crippen LogP contribution in [0.15, 0.2) is 42.5 Å². The van der Waals surface area contributed by atoms with E-state index in [2.05, 4.69) is 0 Å². The Morgan fingerprint density at radius 1 is 0.778 bits per heavy atom. The molecule has 2 aromatic carbocycles. The van der Waals surface area contributed by atoms with Crippen molar-refractivity contribution in [3.05, 3.63) is 70.3 Å². The summed E-state index contributed by atoms with van der Waals surface area (Å²) in [6, 6.07) is 10.3. The molecule has 5 saturated carbocycles. The van der Waals surface area contributed by atoms with Crippen LogP contribution in [0.25, 0.3) is 0 Å². The lowest BCUT2D eigenvalue weighted by Crippen LogP contribution is -2.74. The van der Waals surface area contributed by atoms with Crippen molar-refractivity contribution in [3.8, 4) is 0 Å². The molecule has 16 heteroatoms. The number of rotatable bonds is 4. The largest absolute Gasteiger partial charge is 0.459 e. The van der Waals surface area contributed by atoms with Gasteiger partial charge in [-0.15, -0.1) is 0 Å². The lowest BCUT2D eigenvalue weighted by Gasteiger charge is -2.64.